The molecule has 2 aliphatic carbocycles. The van der Waals surface area contributed by atoms with Gasteiger partial charge in [-0.2, -0.15) is 0 Å². The molecule has 334 valence electrons. The van der Waals surface area contributed by atoms with Crippen LogP contribution >= 0.6 is 0 Å². The fraction of sp³-hybridized carbons (Fsp3) is 0.565. The normalized spacial score (nSPS) is 18.8. The van der Waals surface area contributed by atoms with Crippen molar-refractivity contribution in [3.8, 4) is 11.1 Å². The Balaban J connectivity index is 1.11. The van der Waals surface area contributed by atoms with E-state index in [1.807, 2.05) is 12.1 Å². The number of likely N-dealkylation sites (tertiary alicyclic amines) is 2. The van der Waals surface area contributed by atoms with E-state index in [4.69, 9.17) is 9.47 Å². The van der Waals surface area contributed by atoms with Crippen LogP contribution in [0.5, 0.6) is 0 Å². The number of esters is 2. The fourth-order valence-corrected chi connectivity index (χ4v) is 9.37. The number of carbonyl (C=O) groups is 8. The average Bonchev–Trinajstić information content (AvgIpc) is 4.11. The number of Topliss-reactive ketones (excluding diaryl/α,β-unsaturated/α-hetero) is 2. The minimum Gasteiger partial charge on any atom is -0.456 e. The van der Waals surface area contributed by atoms with E-state index in [0.717, 1.165) is 59.1 Å². The molecule has 2 aromatic carbocycles. The topological polar surface area (TPSA) is 204 Å². The molecular formula is C46H58N4O12. The van der Waals surface area contributed by atoms with Crippen LogP contribution in [0, 0.1) is 11.8 Å². The number of carbonyl (C=O) groups excluding carboxylic acids is 8. The van der Waals surface area contributed by atoms with Crippen LogP contribution in [0.3, 0.4) is 0 Å². The lowest BCUT2D eigenvalue weighted by molar-refractivity contribution is -0.153. The first kappa shape index (κ1) is 45.7. The summed E-state index contributed by atoms with van der Waals surface area (Å²) in [6, 6.07) is 3.87. The summed E-state index contributed by atoms with van der Waals surface area (Å²) in [6.45, 7) is 6.82. The van der Waals surface area contributed by atoms with E-state index in [0.29, 0.717) is 62.7 Å². The highest BCUT2D eigenvalue weighted by atomic mass is 16.6. The molecule has 2 aromatic rings. The van der Waals surface area contributed by atoms with Crippen LogP contribution in [0.15, 0.2) is 24.3 Å². The van der Waals surface area contributed by atoms with Crippen LogP contribution in [0.1, 0.15) is 109 Å². The van der Waals surface area contributed by atoms with Crippen molar-refractivity contribution in [2.45, 2.75) is 116 Å². The molecule has 6 rings (SSSR count). The second-order valence-corrected chi connectivity index (χ2v) is 17.1. The van der Waals surface area contributed by atoms with Crippen LogP contribution in [0.2, 0.25) is 0 Å². The lowest BCUT2D eigenvalue weighted by atomic mass is 9.87. The number of benzene rings is 2. The molecule has 0 saturated carbocycles. The number of hydrogen-bond acceptors (Lipinski definition) is 12. The van der Waals surface area contributed by atoms with Gasteiger partial charge < -0.3 is 39.4 Å². The average molecular weight is 859 g/mol. The first-order valence-corrected chi connectivity index (χ1v) is 21.7. The predicted octanol–water partition coefficient (Wildman–Crippen LogP) is 4.53. The molecule has 0 aromatic heterocycles. The maximum atomic E-state index is 13.7. The summed E-state index contributed by atoms with van der Waals surface area (Å²) in [4.78, 5) is 107. The molecule has 4 atom stereocenters. The summed E-state index contributed by atoms with van der Waals surface area (Å²) >= 11 is 0. The number of rotatable bonds is 15. The summed E-state index contributed by atoms with van der Waals surface area (Å²) in [5.74, 6) is -3.36. The first-order valence-electron chi connectivity index (χ1n) is 21.7. The van der Waals surface area contributed by atoms with Crippen LogP contribution < -0.4 is 10.6 Å². The molecule has 62 heavy (non-hydrogen) atoms. The Morgan fingerprint density at radius 2 is 0.935 bits per heavy atom. The van der Waals surface area contributed by atoms with Gasteiger partial charge in [-0.1, -0.05) is 52.0 Å². The maximum absolute atomic E-state index is 13.7. The molecule has 0 radical (unpaired) electrons. The highest BCUT2D eigenvalue weighted by Crippen LogP contribution is 2.40. The number of alkyl carbamates (subject to hydrolysis) is 2. The van der Waals surface area contributed by atoms with Crippen molar-refractivity contribution in [2.75, 3.05) is 40.5 Å². The third-order valence-corrected chi connectivity index (χ3v) is 12.6. The quantitative estimate of drug-likeness (QED) is 0.144. The highest BCUT2D eigenvalue weighted by Gasteiger charge is 2.41. The fourth-order valence-electron chi connectivity index (χ4n) is 9.37. The summed E-state index contributed by atoms with van der Waals surface area (Å²) < 4.78 is 20.5. The van der Waals surface area contributed by atoms with Crippen molar-refractivity contribution >= 4 is 47.5 Å². The number of ether oxygens (including phenoxy) is 4. The van der Waals surface area contributed by atoms with Crippen LogP contribution in [-0.2, 0) is 63.8 Å². The molecule has 0 unspecified atom stereocenters. The third kappa shape index (κ3) is 9.63. The molecule has 0 spiro atoms. The van der Waals surface area contributed by atoms with Gasteiger partial charge in [-0.15, -0.1) is 0 Å². The minimum atomic E-state index is -0.891. The van der Waals surface area contributed by atoms with Crippen molar-refractivity contribution in [1.29, 1.82) is 0 Å². The number of nitrogens with one attached hydrogen (secondary N) is 2. The molecule has 16 heteroatoms. The summed E-state index contributed by atoms with van der Waals surface area (Å²) in [7, 11) is 2.42. The third-order valence-electron chi connectivity index (χ3n) is 12.6. The highest BCUT2D eigenvalue weighted by molar-refractivity contribution is 6.03. The molecule has 4 aliphatic rings. The van der Waals surface area contributed by atoms with Gasteiger partial charge in [0.25, 0.3) is 0 Å². The predicted molar refractivity (Wildman–Crippen MR) is 224 cm³/mol. The minimum absolute atomic E-state index is 0.262. The van der Waals surface area contributed by atoms with Crippen molar-refractivity contribution in [3.63, 3.8) is 0 Å². The largest absolute Gasteiger partial charge is 0.456 e. The zero-order chi connectivity index (χ0) is 44.8. The Morgan fingerprint density at radius 1 is 0.565 bits per heavy atom. The van der Waals surface area contributed by atoms with Gasteiger partial charge in [0.1, 0.15) is 24.2 Å². The van der Waals surface area contributed by atoms with Crippen molar-refractivity contribution in [3.05, 3.63) is 57.6 Å². The standard InChI is InChI=1S/C46H58N4O12/c1-25(2)39(47-45(57)59-5)41(53)49-21-9-15-35(49)43(55)61-23-37(51)33-19-17-31(27-11-7-13-29(27)33)32-18-20-34(30-14-8-12-28(30)32)38(52)24-62-44(56)36-16-10-22-50(36)42(54)40(26(3)4)48-46(58)60-6/h17-20,25-26,35-36,39-40H,7-16,21-24H2,1-6H3,(H,47,57)(H,48,58)/t35-,36-,39-,40-/m0/s1. The molecule has 2 aliphatic heterocycles. The Morgan fingerprint density at radius 3 is 1.29 bits per heavy atom. The lowest BCUT2D eigenvalue weighted by Gasteiger charge is -2.29. The molecule has 0 bridgehead atoms. The number of ketones is 2. The monoisotopic (exact) mass is 858 g/mol. The van der Waals surface area contributed by atoms with Crippen LogP contribution in [-0.4, -0.2) is 122 Å². The second-order valence-electron chi connectivity index (χ2n) is 17.1. The van der Waals surface area contributed by atoms with E-state index in [-0.39, 0.29) is 23.4 Å². The number of fused-ring (bicyclic) bond motifs is 2. The maximum Gasteiger partial charge on any atom is 0.407 e. The van der Waals surface area contributed by atoms with Crippen molar-refractivity contribution < 1.29 is 57.3 Å². The van der Waals surface area contributed by atoms with E-state index >= 15 is 0 Å². The zero-order valence-electron chi connectivity index (χ0n) is 36.5. The van der Waals surface area contributed by atoms with Gasteiger partial charge in [0, 0.05) is 24.2 Å². The van der Waals surface area contributed by atoms with E-state index < -0.39 is 73.3 Å². The van der Waals surface area contributed by atoms with Crippen LogP contribution in [0.4, 0.5) is 9.59 Å². The Kier molecular flexibility index (Phi) is 14.7. The molecule has 4 amide bonds. The summed E-state index contributed by atoms with van der Waals surface area (Å²) in [5, 5.41) is 5.11. The van der Waals surface area contributed by atoms with Crippen molar-refractivity contribution in [1.82, 2.24) is 20.4 Å². The Bertz CT molecular complexity index is 1970. The second kappa shape index (κ2) is 19.9. The molecular weight excluding hydrogens is 801 g/mol. The zero-order valence-corrected chi connectivity index (χ0v) is 36.5. The van der Waals surface area contributed by atoms with Gasteiger partial charge in [0.15, 0.2) is 13.2 Å². The van der Waals surface area contributed by atoms with Gasteiger partial charge in [0.2, 0.25) is 23.4 Å². The van der Waals surface area contributed by atoms with Crippen LogP contribution in [0.25, 0.3) is 11.1 Å². The summed E-state index contributed by atoms with van der Waals surface area (Å²) in [5.41, 5.74) is 6.87. The number of amides is 4. The van der Waals surface area contributed by atoms with Gasteiger partial charge in [0.05, 0.1) is 14.2 Å². The molecule has 2 fully saturated rings. The van der Waals surface area contributed by atoms with Gasteiger partial charge in [-0.3, -0.25) is 19.2 Å². The molecule has 2 heterocycles. The van der Waals surface area contributed by atoms with Gasteiger partial charge in [-0.25, -0.2) is 19.2 Å². The lowest BCUT2D eigenvalue weighted by Crippen LogP contribution is -2.54. The van der Waals surface area contributed by atoms with E-state index in [9.17, 15) is 38.4 Å². The number of methoxy groups -OCH3 is 2. The molecule has 2 saturated heterocycles. The number of nitrogens with zero attached hydrogens (tertiary/aromatic N) is 2. The van der Waals surface area contributed by atoms with Gasteiger partial charge >= 0.3 is 24.1 Å². The summed E-state index contributed by atoms with van der Waals surface area (Å²) in [6.07, 6.45) is 4.98. The smallest absolute Gasteiger partial charge is 0.407 e. The van der Waals surface area contributed by atoms with Crippen molar-refractivity contribution in [2.24, 2.45) is 11.8 Å². The number of hydrogen-bond donors (Lipinski definition) is 2. The van der Waals surface area contributed by atoms with E-state index in [1.165, 1.54) is 24.0 Å². The van der Waals surface area contributed by atoms with E-state index in [2.05, 4.69) is 20.1 Å². The molecule has 16 nitrogen and oxygen atoms in total. The first-order chi connectivity index (χ1) is 29.7. The SMILES string of the molecule is COC(=O)N[C@H](C(=O)N1CCC[C@H]1C(=O)OCC(=O)c1ccc(-c2ccc(C(=O)COC(=O)[C@@H]3CCCN3C(=O)[C@@H](NC(=O)OC)C(C)C)c3c2CCC3)c2c1CCC2)C(C)C. The van der Waals surface area contributed by atoms with E-state index in [1.54, 1.807) is 39.8 Å². The Labute approximate surface area is 361 Å². The molecule has 2 N–H and O–H groups in total. The Hall–Kier alpha value is -5.80. The van der Waals surface area contributed by atoms with Gasteiger partial charge in [-0.05, 0) is 109 Å².